The molecule has 0 radical (unpaired) electrons. The summed E-state index contributed by atoms with van der Waals surface area (Å²) in [4.78, 5) is 28.5. The quantitative estimate of drug-likeness (QED) is 0.771. The zero-order valence-corrected chi connectivity index (χ0v) is 9.43. The van der Waals surface area contributed by atoms with Crippen molar-refractivity contribution in [1.29, 1.82) is 0 Å². The van der Waals surface area contributed by atoms with Crippen LogP contribution in [-0.2, 0) is 9.59 Å². The second-order valence-corrected chi connectivity index (χ2v) is 3.15. The van der Waals surface area contributed by atoms with E-state index in [9.17, 15) is 9.59 Å². The molecule has 1 N–H and O–H groups in total. The van der Waals surface area contributed by atoms with Crippen LogP contribution in [0.2, 0.25) is 0 Å². The lowest BCUT2D eigenvalue weighted by atomic mass is 10.4. The number of amides is 2. The fraction of sp³-hybridized carbons (Fsp3) is 0.364. The number of anilines is 1. The highest BCUT2D eigenvalue weighted by molar-refractivity contribution is 6.39. The summed E-state index contributed by atoms with van der Waals surface area (Å²) in [6.45, 7) is 4.70. The number of aromatic nitrogens is 1. The molecular formula is C11H15N3O2. The lowest BCUT2D eigenvalue weighted by Gasteiger charge is -2.17. The highest BCUT2D eigenvalue weighted by Crippen LogP contribution is 2.00. The first-order chi connectivity index (χ1) is 7.69. The summed E-state index contributed by atoms with van der Waals surface area (Å²) in [6, 6.07) is 5.11. The highest BCUT2D eigenvalue weighted by Gasteiger charge is 2.19. The fourth-order valence-electron chi connectivity index (χ4n) is 1.26. The summed E-state index contributed by atoms with van der Waals surface area (Å²) in [5.41, 5.74) is 0. The molecule has 5 heteroatoms. The van der Waals surface area contributed by atoms with Crippen molar-refractivity contribution in [3.8, 4) is 0 Å². The minimum atomic E-state index is -0.651. The molecule has 1 aromatic rings. The predicted octanol–water partition coefficient (Wildman–Crippen LogP) is 0.888. The normalized spacial score (nSPS) is 9.62. The zero-order chi connectivity index (χ0) is 12.0. The van der Waals surface area contributed by atoms with Gasteiger partial charge in [0.1, 0.15) is 5.82 Å². The Kier molecular flexibility index (Phi) is 4.44. The molecule has 5 nitrogen and oxygen atoms in total. The molecule has 0 spiro atoms. The van der Waals surface area contributed by atoms with E-state index in [0.29, 0.717) is 18.9 Å². The molecule has 0 aliphatic carbocycles. The molecule has 2 amide bonds. The molecular weight excluding hydrogens is 206 g/mol. The van der Waals surface area contributed by atoms with Gasteiger partial charge in [-0.2, -0.15) is 0 Å². The fourth-order valence-corrected chi connectivity index (χ4v) is 1.26. The topological polar surface area (TPSA) is 62.3 Å². The average Bonchev–Trinajstić information content (AvgIpc) is 2.31. The van der Waals surface area contributed by atoms with Gasteiger partial charge in [0.15, 0.2) is 0 Å². The van der Waals surface area contributed by atoms with Crippen LogP contribution in [0.5, 0.6) is 0 Å². The lowest BCUT2D eigenvalue weighted by Crippen LogP contribution is -2.39. The third-order valence-corrected chi connectivity index (χ3v) is 2.15. The van der Waals surface area contributed by atoms with Gasteiger partial charge in [0.25, 0.3) is 0 Å². The largest absolute Gasteiger partial charge is 0.335 e. The Labute approximate surface area is 94.5 Å². The van der Waals surface area contributed by atoms with E-state index in [4.69, 9.17) is 0 Å². The first kappa shape index (κ1) is 12.2. The molecule has 0 saturated carbocycles. The van der Waals surface area contributed by atoms with Crippen molar-refractivity contribution in [2.45, 2.75) is 13.8 Å². The van der Waals surface area contributed by atoms with Gasteiger partial charge in [0.2, 0.25) is 0 Å². The Bertz CT molecular complexity index is 361. The Morgan fingerprint density at radius 3 is 2.50 bits per heavy atom. The molecule has 0 unspecified atom stereocenters. The Morgan fingerprint density at radius 2 is 2.00 bits per heavy atom. The first-order valence-electron chi connectivity index (χ1n) is 5.20. The van der Waals surface area contributed by atoms with Crippen molar-refractivity contribution in [2.75, 3.05) is 18.4 Å². The van der Waals surface area contributed by atoms with Crippen LogP contribution in [0.25, 0.3) is 0 Å². The van der Waals surface area contributed by atoms with Crippen molar-refractivity contribution in [3.05, 3.63) is 24.4 Å². The van der Waals surface area contributed by atoms with E-state index in [0.717, 1.165) is 0 Å². The van der Waals surface area contributed by atoms with Gasteiger partial charge in [-0.15, -0.1) is 0 Å². The number of nitrogens with one attached hydrogen (secondary N) is 1. The number of hydrogen-bond acceptors (Lipinski definition) is 3. The Balaban J connectivity index is 2.62. The SMILES string of the molecule is CCN(CC)C(=O)C(=O)Nc1ccccn1. The van der Waals surface area contributed by atoms with Crippen molar-refractivity contribution in [3.63, 3.8) is 0 Å². The standard InChI is InChI=1S/C11H15N3O2/c1-3-14(4-2)11(16)10(15)13-9-7-5-6-8-12-9/h5-8H,3-4H2,1-2H3,(H,12,13,15). The third-order valence-electron chi connectivity index (χ3n) is 2.15. The molecule has 0 atom stereocenters. The average molecular weight is 221 g/mol. The van der Waals surface area contributed by atoms with E-state index in [2.05, 4.69) is 10.3 Å². The second-order valence-electron chi connectivity index (χ2n) is 3.15. The van der Waals surface area contributed by atoms with E-state index >= 15 is 0 Å². The summed E-state index contributed by atoms with van der Waals surface area (Å²) in [6.07, 6.45) is 1.55. The van der Waals surface area contributed by atoms with E-state index in [-0.39, 0.29) is 0 Å². The molecule has 0 bridgehead atoms. The number of rotatable bonds is 3. The van der Waals surface area contributed by atoms with Crippen molar-refractivity contribution < 1.29 is 9.59 Å². The molecule has 0 aliphatic heterocycles. The summed E-state index contributed by atoms with van der Waals surface area (Å²) < 4.78 is 0. The maximum absolute atomic E-state index is 11.6. The molecule has 1 rings (SSSR count). The molecule has 16 heavy (non-hydrogen) atoms. The number of carbonyl (C=O) groups excluding carboxylic acids is 2. The van der Waals surface area contributed by atoms with Crippen LogP contribution in [0.4, 0.5) is 5.82 Å². The molecule has 0 aromatic carbocycles. The maximum Gasteiger partial charge on any atom is 0.315 e. The summed E-state index contributed by atoms with van der Waals surface area (Å²) in [5.74, 6) is -0.800. The second kappa shape index (κ2) is 5.85. The Morgan fingerprint density at radius 1 is 1.31 bits per heavy atom. The Hall–Kier alpha value is -1.91. The number of nitrogens with zero attached hydrogens (tertiary/aromatic N) is 2. The van der Waals surface area contributed by atoms with E-state index in [1.807, 2.05) is 13.8 Å². The molecule has 0 fully saturated rings. The van der Waals surface area contributed by atoms with Crippen LogP contribution in [0.1, 0.15) is 13.8 Å². The smallest absolute Gasteiger partial charge is 0.315 e. The van der Waals surface area contributed by atoms with Gasteiger partial charge < -0.3 is 10.2 Å². The summed E-state index contributed by atoms with van der Waals surface area (Å²) >= 11 is 0. The minimum absolute atomic E-state index is 0.382. The van der Waals surface area contributed by atoms with E-state index in [1.54, 1.807) is 24.4 Å². The van der Waals surface area contributed by atoms with Crippen LogP contribution in [-0.4, -0.2) is 34.8 Å². The number of pyridine rings is 1. The molecule has 0 saturated heterocycles. The summed E-state index contributed by atoms with van der Waals surface area (Å²) in [7, 11) is 0. The van der Waals surface area contributed by atoms with Crippen LogP contribution in [0, 0.1) is 0 Å². The van der Waals surface area contributed by atoms with Gasteiger partial charge in [-0.05, 0) is 26.0 Å². The zero-order valence-electron chi connectivity index (χ0n) is 9.43. The van der Waals surface area contributed by atoms with Crippen LogP contribution >= 0.6 is 0 Å². The predicted molar refractivity (Wildman–Crippen MR) is 60.8 cm³/mol. The lowest BCUT2D eigenvalue weighted by molar-refractivity contribution is -0.142. The van der Waals surface area contributed by atoms with Crippen molar-refractivity contribution >= 4 is 17.6 Å². The highest BCUT2D eigenvalue weighted by atomic mass is 16.2. The van der Waals surface area contributed by atoms with Gasteiger partial charge in [0, 0.05) is 19.3 Å². The monoisotopic (exact) mass is 221 g/mol. The van der Waals surface area contributed by atoms with Gasteiger partial charge in [-0.1, -0.05) is 6.07 Å². The van der Waals surface area contributed by atoms with Gasteiger partial charge in [0.05, 0.1) is 0 Å². The number of hydrogen-bond donors (Lipinski definition) is 1. The van der Waals surface area contributed by atoms with Crippen molar-refractivity contribution in [1.82, 2.24) is 9.88 Å². The number of carbonyl (C=O) groups is 2. The molecule has 1 aromatic heterocycles. The van der Waals surface area contributed by atoms with Gasteiger partial charge in [-0.25, -0.2) is 4.98 Å². The molecule has 0 aliphatic rings. The van der Waals surface area contributed by atoms with Gasteiger partial charge >= 0.3 is 11.8 Å². The van der Waals surface area contributed by atoms with Gasteiger partial charge in [-0.3, -0.25) is 9.59 Å². The number of likely N-dealkylation sites (N-methyl/N-ethyl adjacent to an activating group) is 1. The molecule has 86 valence electrons. The van der Waals surface area contributed by atoms with E-state index < -0.39 is 11.8 Å². The summed E-state index contributed by atoms with van der Waals surface area (Å²) in [5, 5.41) is 2.45. The van der Waals surface area contributed by atoms with Crippen LogP contribution < -0.4 is 5.32 Å². The first-order valence-corrected chi connectivity index (χ1v) is 5.20. The van der Waals surface area contributed by atoms with Crippen molar-refractivity contribution in [2.24, 2.45) is 0 Å². The maximum atomic E-state index is 11.6. The third kappa shape index (κ3) is 3.05. The molecule has 1 heterocycles. The van der Waals surface area contributed by atoms with Crippen LogP contribution in [0.3, 0.4) is 0 Å². The van der Waals surface area contributed by atoms with Crippen LogP contribution in [0.15, 0.2) is 24.4 Å². The minimum Gasteiger partial charge on any atom is -0.335 e. The van der Waals surface area contributed by atoms with E-state index in [1.165, 1.54) is 4.90 Å².